The van der Waals surface area contributed by atoms with Gasteiger partial charge in [0.1, 0.15) is 0 Å². The normalized spacial score (nSPS) is 10.7. The first-order chi connectivity index (χ1) is 6.65. The van der Waals surface area contributed by atoms with Crippen LogP contribution < -0.4 is 11.1 Å². The highest BCUT2D eigenvalue weighted by Crippen LogP contribution is 2.12. The molecule has 0 aliphatic rings. The van der Waals surface area contributed by atoms with Crippen LogP contribution >= 0.6 is 36.4 Å². The first-order valence-electron chi connectivity index (χ1n) is 4.25. The van der Waals surface area contributed by atoms with Gasteiger partial charge in [0.2, 0.25) is 0 Å². The number of halogens is 3. The number of carbonyl (C=O) groups excluding carboxylic acids is 1. The molecule has 1 atom stereocenters. The number of nitrogens with one attached hydrogen (secondary N) is 1. The molecule has 0 unspecified atom stereocenters. The molecule has 4 nitrogen and oxygen atoms in total. The van der Waals surface area contributed by atoms with Crippen LogP contribution in [0.1, 0.15) is 17.3 Å². The Labute approximate surface area is 112 Å². The summed E-state index contributed by atoms with van der Waals surface area (Å²) in [6, 6.07) is 1.51. The number of hydrogen-bond acceptors (Lipinski definition) is 3. The number of nitrogens with two attached hydrogens (primary N) is 1. The lowest BCUT2D eigenvalue weighted by Gasteiger charge is -2.11. The van der Waals surface area contributed by atoms with Crippen LogP contribution in [0, 0.1) is 0 Å². The van der Waals surface area contributed by atoms with Gasteiger partial charge in [-0.1, -0.05) is 11.6 Å². The Bertz CT molecular complexity index is 336. The summed E-state index contributed by atoms with van der Waals surface area (Å²) in [6.45, 7) is 2.22. The molecule has 0 aromatic carbocycles. The van der Waals surface area contributed by atoms with E-state index in [1.165, 1.54) is 12.4 Å². The van der Waals surface area contributed by atoms with Crippen LogP contribution in [-0.4, -0.2) is 23.5 Å². The van der Waals surface area contributed by atoms with Crippen molar-refractivity contribution in [1.29, 1.82) is 0 Å². The third-order valence-corrected chi connectivity index (χ3v) is 2.05. The average Bonchev–Trinajstić information content (AvgIpc) is 2.18. The summed E-state index contributed by atoms with van der Waals surface area (Å²) in [7, 11) is 0. The van der Waals surface area contributed by atoms with E-state index in [1.54, 1.807) is 6.07 Å². The summed E-state index contributed by atoms with van der Waals surface area (Å²) < 4.78 is 0. The molecule has 0 fully saturated rings. The quantitative estimate of drug-likeness (QED) is 0.888. The molecule has 0 radical (unpaired) electrons. The Kier molecular flexibility index (Phi) is 9.57. The Balaban J connectivity index is 0. The fourth-order valence-corrected chi connectivity index (χ4v) is 1.12. The van der Waals surface area contributed by atoms with Gasteiger partial charge in [0.25, 0.3) is 5.91 Å². The Hall–Kier alpha value is -0.550. The lowest BCUT2D eigenvalue weighted by Crippen LogP contribution is -2.37. The zero-order chi connectivity index (χ0) is 10.6. The zero-order valence-electron chi connectivity index (χ0n) is 8.64. The van der Waals surface area contributed by atoms with Crippen LogP contribution in [-0.2, 0) is 0 Å². The van der Waals surface area contributed by atoms with E-state index < -0.39 is 0 Å². The standard InChI is InChI=1S/C9H12ClN3O.2ClH/c1-6(4-11)13-9(14)7-2-3-12-5-8(7)10;;/h2-3,5-6H,4,11H2,1H3,(H,13,14);2*1H/t6-;;/m0../s1. The highest BCUT2D eigenvalue weighted by Gasteiger charge is 2.11. The minimum absolute atomic E-state index is 0. The first-order valence-corrected chi connectivity index (χ1v) is 4.63. The number of pyridine rings is 1. The number of aromatic nitrogens is 1. The van der Waals surface area contributed by atoms with Crippen molar-refractivity contribution in [3.63, 3.8) is 0 Å². The lowest BCUT2D eigenvalue weighted by molar-refractivity contribution is 0.0941. The van der Waals surface area contributed by atoms with Crippen LogP contribution in [0.2, 0.25) is 5.02 Å². The number of amides is 1. The molecular formula is C9H14Cl3N3O. The lowest BCUT2D eigenvalue weighted by atomic mass is 10.2. The highest BCUT2D eigenvalue weighted by atomic mass is 35.5. The minimum atomic E-state index is -0.227. The van der Waals surface area contributed by atoms with Gasteiger partial charge in [-0.3, -0.25) is 9.78 Å². The molecule has 1 rings (SSSR count). The molecule has 92 valence electrons. The minimum Gasteiger partial charge on any atom is -0.348 e. The van der Waals surface area contributed by atoms with Crippen LogP contribution in [0.5, 0.6) is 0 Å². The molecule has 0 aliphatic heterocycles. The van der Waals surface area contributed by atoms with Gasteiger partial charge in [-0.15, -0.1) is 24.8 Å². The van der Waals surface area contributed by atoms with Gasteiger partial charge in [-0.05, 0) is 13.0 Å². The topological polar surface area (TPSA) is 68.0 Å². The summed E-state index contributed by atoms with van der Waals surface area (Å²) in [5.74, 6) is -0.227. The summed E-state index contributed by atoms with van der Waals surface area (Å²) in [5.41, 5.74) is 5.79. The van der Waals surface area contributed by atoms with Gasteiger partial charge < -0.3 is 11.1 Å². The van der Waals surface area contributed by atoms with E-state index in [0.29, 0.717) is 17.1 Å². The second-order valence-corrected chi connectivity index (χ2v) is 3.37. The fourth-order valence-electron chi connectivity index (χ4n) is 0.920. The van der Waals surface area contributed by atoms with Crippen molar-refractivity contribution in [2.75, 3.05) is 6.54 Å². The van der Waals surface area contributed by atoms with E-state index in [1.807, 2.05) is 6.92 Å². The number of carbonyl (C=O) groups is 1. The molecule has 1 heterocycles. The van der Waals surface area contributed by atoms with Gasteiger partial charge in [0.05, 0.1) is 10.6 Å². The van der Waals surface area contributed by atoms with E-state index in [4.69, 9.17) is 17.3 Å². The number of hydrogen-bond donors (Lipinski definition) is 2. The van der Waals surface area contributed by atoms with Gasteiger partial charge in [-0.25, -0.2) is 0 Å². The Morgan fingerprint density at radius 1 is 1.62 bits per heavy atom. The van der Waals surface area contributed by atoms with Crippen molar-refractivity contribution in [3.8, 4) is 0 Å². The first kappa shape index (κ1) is 17.8. The van der Waals surface area contributed by atoms with E-state index in [9.17, 15) is 4.79 Å². The summed E-state index contributed by atoms with van der Waals surface area (Å²) in [6.07, 6.45) is 2.96. The highest BCUT2D eigenvalue weighted by molar-refractivity contribution is 6.33. The molecule has 1 amide bonds. The van der Waals surface area contributed by atoms with E-state index in [-0.39, 0.29) is 36.8 Å². The van der Waals surface area contributed by atoms with Crippen LogP contribution in [0.3, 0.4) is 0 Å². The molecular weight excluding hydrogens is 272 g/mol. The van der Waals surface area contributed by atoms with Gasteiger partial charge in [0.15, 0.2) is 0 Å². The van der Waals surface area contributed by atoms with E-state index >= 15 is 0 Å². The zero-order valence-corrected chi connectivity index (χ0v) is 11.0. The third-order valence-electron chi connectivity index (χ3n) is 1.75. The second kappa shape index (κ2) is 8.58. The molecule has 0 saturated heterocycles. The van der Waals surface area contributed by atoms with Gasteiger partial charge in [0, 0.05) is 25.0 Å². The van der Waals surface area contributed by atoms with Crippen molar-refractivity contribution in [2.24, 2.45) is 5.73 Å². The molecule has 1 aromatic rings. The summed E-state index contributed by atoms with van der Waals surface area (Å²) in [4.78, 5) is 15.3. The molecule has 0 saturated carbocycles. The smallest absolute Gasteiger partial charge is 0.253 e. The summed E-state index contributed by atoms with van der Waals surface area (Å²) >= 11 is 5.79. The fraction of sp³-hybridized carbons (Fsp3) is 0.333. The molecule has 7 heteroatoms. The van der Waals surface area contributed by atoms with Gasteiger partial charge in [-0.2, -0.15) is 0 Å². The molecule has 16 heavy (non-hydrogen) atoms. The van der Waals surface area contributed by atoms with Crippen molar-refractivity contribution < 1.29 is 4.79 Å². The molecule has 0 aliphatic carbocycles. The largest absolute Gasteiger partial charge is 0.348 e. The predicted octanol–water partition coefficient (Wildman–Crippen LogP) is 1.66. The van der Waals surface area contributed by atoms with Crippen LogP contribution in [0.15, 0.2) is 18.5 Å². The Morgan fingerprint density at radius 3 is 2.75 bits per heavy atom. The Morgan fingerprint density at radius 2 is 2.25 bits per heavy atom. The van der Waals surface area contributed by atoms with Gasteiger partial charge >= 0.3 is 0 Å². The van der Waals surface area contributed by atoms with Crippen molar-refractivity contribution in [1.82, 2.24) is 10.3 Å². The average molecular weight is 287 g/mol. The van der Waals surface area contributed by atoms with Crippen LogP contribution in [0.25, 0.3) is 0 Å². The molecule has 3 N–H and O–H groups in total. The monoisotopic (exact) mass is 285 g/mol. The second-order valence-electron chi connectivity index (χ2n) is 2.97. The SMILES string of the molecule is C[C@@H](CN)NC(=O)c1ccncc1Cl.Cl.Cl. The molecule has 0 bridgehead atoms. The predicted molar refractivity (Wildman–Crippen MR) is 69.7 cm³/mol. The van der Waals surface area contributed by atoms with Crippen molar-refractivity contribution in [2.45, 2.75) is 13.0 Å². The number of nitrogens with zero attached hydrogens (tertiary/aromatic N) is 1. The van der Waals surface area contributed by atoms with Crippen LogP contribution in [0.4, 0.5) is 0 Å². The van der Waals surface area contributed by atoms with E-state index in [0.717, 1.165) is 0 Å². The maximum Gasteiger partial charge on any atom is 0.253 e. The van der Waals surface area contributed by atoms with E-state index in [2.05, 4.69) is 10.3 Å². The maximum absolute atomic E-state index is 11.6. The molecule has 0 spiro atoms. The van der Waals surface area contributed by atoms with Crippen molar-refractivity contribution in [3.05, 3.63) is 29.0 Å². The summed E-state index contributed by atoms with van der Waals surface area (Å²) in [5, 5.41) is 3.05. The third kappa shape index (κ3) is 4.99. The molecule has 1 aromatic heterocycles. The maximum atomic E-state index is 11.6. The number of rotatable bonds is 3. The van der Waals surface area contributed by atoms with Crippen molar-refractivity contribution >= 4 is 42.3 Å².